The molecule has 0 saturated heterocycles. The van der Waals surface area contributed by atoms with Gasteiger partial charge in [0.05, 0.1) is 13.2 Å². The SMILES string of the molecule is CCCCC(CC)C(NN)c1cc(C)ccc1OC. The standard InChI is InChI=1S/C16H28N2O/c1-5-7-8-13(6-2)16(18-17)14-11-12(3)9-10-15(14)19-4/h9-11,13,16,18H,5-8,17H2,1-4H3. The van der Waals surface area contributed by atoms with Crippen molar-refractivity contribution in [3.8, 4) is 5.75 Å². The fraction of sp³-hybridized carbons (Fsp3) is 0.625. The average Bonchev–Trinajstić information content (AvgIpc) is 2.43. The first-order chi connectivity index (χ1) is 9.17. The molecule has 0 aromatic heterocycles. The minimum atomic E-state index is 0.159. The van der Waals surface area contributed by atoms with Gasteiger partial charge in [-0.15, -0.1) is 0 Å². The van der Waals surface area contributed by atoms with Crippen LogP contribution in [0.1, 0.15) is 56.7 Å². The van der Waals surface area contributed by atoms with E-state index in [2.05, 4.69) is 38.3 Å². The number of ether oxygens (including phenoxy) is 1. The molecule has 3 heteroatoms. The fourth-order valence-electron chi connectivity index (χ4n) is 2.65. The van der Waals surface area contributed by atoms with Crippen molar-refractivity contribution in [3.63, 3.8) is 0 Å². The molecule has 0 aliphatic carbocycles. The van der Waals surface area contributed by atoms with Crippen LogP contribution in [0.25, 0.3) is 0 Å². The summed E-state index contributed by atoms with van der Waals surface area (Å²) in [6, 6.07) is 6.44. The number of hydrazine groups is 1. The molecule has 2 atom stereocenters. The number of aryl methyl sites for hydroxylation is 1. The zero-order valence-corrected chi connectivity index (χ0v) is 12.7. The summed E-state index contributed by atoms with van der Waals surface area (Å²) in [6.45, 7) is 6.56. The Bertz CT molecular complexity index is 379. The number of nitrogens with two attached hydrogens (primary N) is 1. The normalized spacial score (nSPS) is 14.2. The van der Waals surface area contributed by atoms with Crippen LogP contribution < -0.4 is 16.0 Å². The van der Waals surface area contributed by atoms with Gasteiger partial charge in [0.2, 0.25) is 0 Å². The van der Waals surface area contributed by atoms with E-state index < -0.39 is 0 Å². The van der Waals surface area contributed by atoms with Crippen molar-refractivity contribution in [1.82, 2.24) is 5.43 Å². The van der Waals surface area contributed by atoms with Crippen LogP contribution in [0.2, 0.25) is 0 Å². The summed E-state index contributed by atoms with van der Waals surface area (Å²) in [6.07, 6.45) is 4.77. The van der Waals surface area contributed by atoms with Gasteiger partial charge in [0.15, 0.2) is 0 Å². The lowest BCUT2D eigenvalue weighted by Crippen LogP contribution is -2.33. The minimum absolute atomic E-state index is 0.159. The molecule has 1 rings (SSSR count). The van der Waals surface area contributed by atoms with Crippen LogP contribution in [0.15, 0.2) is 18.2 Å². The van der Waals surface area contributed by atoms with E-state index in [-0.39, 0.29) is 6.04 Å². The average molecular weight is 264 g/mol. The molecule has 2 unspecified atom stereocenters. The third kappa shape index (κ3) is 4.22. The van der Waals surface area contributed by atoms with E-state index in [4.69, 9.17) is 10.6 Å². The van der Waals surface area contributed by atoms with Gasteiger partial charge >= 0.3 is 0 Å². The smallest absolute Gasteiger partial charge is 0.123 e. The van der Waals surface area contributed by atoms with Crippen molar-refractivity contribution in [2.45, 2.75) is 52.5 Å². The first-order valence-electron chi connectivity index (χ1n) is 7.28. The van der Waals surface area contributed by atoms with Gasteiger partial charge in [0, 0.05) is 5.56 Å². The molecule has 3 N–H and O–H groups in total. The molecule has 0 spiro atoms. The van der Waals surface area contributed by atoms with Gasteiger partial charge in [-0.1, -0.05) is 50.8 Å². The van der Waals surface area contributed by atoms with Crippen LogP contribution >= 0.6 is 0 Å². The summed E-state index contributed by atoms with van der Waals surface area (Å²) in [7, 11) is 1.72. The van der Waals surface area contributed by atoms with Crippen molar-refractivity contribution in [3.05, 3.63) is 29.3 Å². The van der Waals surface area contributed by atoms with Crippen molar-refractivity contribution < 1.29 is 4.74 Å². The number of nitrogens with one attached hydrogen (secondary N) is 1. The minimum Gasteiger partial charge on any atom is -0.496 e. The van der Waals surface area contributed by atoms with E-state index in [0.717, 1.165) is 12.2 Å². The van der Waals surface area contributed by atoms with Gasteiger partial charge in [-0.3, -0.25) is 11.3 Å². The summed E-state index contributed by atoms with van der Waals surface area (Å²) in [5.41, 5.74) is 5.41. The lowest BCUT2D eigenvalue weighted by Gasteiger charge is -2.27. The van der Waals surface area contributed by atoms with Crippen molar-refractivity contribution in [2.75, 3.05) is 7.11 Å². The highest BCUT2D eigenvalue weighted by molar-refractivity contribution is 5.39. The van der Waals surface area contributed by atoms with Crippen LogP contribution in [0.4, 0.5) is 0 Å². The van der Waals surface area contributed by atoms with E-state index in [9.17, 15) is 0 Å². The highest BCUT2D eigenvalue weighted by atomic mass is 16.5. The summed E-state index contributed by atoms with van der Waals surface area (Å²) in [5, 5.41) is 0. The maximum Gasteiger partial charge on any atom is 0.123 e. The molecule has 1 aromatic rings. The second-order valence-corrected chi connectivity index (χ2v) is 5.20. The van der Waals surface area contributed by atoms with E-state index in [1.807, 2.05) is 6.07 Å². The van der Waals surface area contributed by atoms with E-state index in [0.29, 0.717) is 5.92 Å². The van der Waals surface area contributed by atoms with Gasteiger partial charge in [0.1, 0.15) is 5.75 Å². The molecular weight excluding hydrogens is 236 g/mol. The Hall–Kier alpha value is -1.06. The Kier molecular flexibility index (Phi) is 6.89. The second-order valence-electron chi connectivity index (χ2n) is 5.20. The van der Waals surface area contributed by atoms with Gasteiger partial charge in [0.25, 0.3) is 0 Å². The second kappa shape index (κ2) is 8.18. The first kappa shape index (κ1) is 16.0. The summed E-state index contributed by atoms with van der Waals surface area (Å²) in [4.78, 5) is 0. The highest BCUT2D eigenvalue weighted by Gasteiger charge is 2.23. The van der Waals surface area contributed by atoms with Gasteiger partial charge in [-0.25, -0.2) is 0 Å². The lowest BCUT2D eigenvalue weighted by molar-refractivity contribution is 0.314. The van der Waals surface area contributed by atoms with Gasteiger partial charge in [-0.05, 0) is 25.3 Å². The summed E-state index contributed by atoms with van der Waals surface area (Å²) in [5.74, 6) is 7.28. The number of benzene rings is 1. The zero-order chi connectivity index (χ0) is 14.3. The molecule has 0 bridgehead atoms. The van der Waals surface area contributed by atoms with Crippen LogP contribution in [-0.4, -0.2) is 7.11 Å². The number of hydrogen-bond donors (Lipinski definition) is 2. The third-order valence-electron chi connectivity index (χ3n) is 3.82. The Morgan fingerprint density at radius 2 is 2.05 bits per heavy atom. The summed E-state index contributed by atoms with van der Waals surface area (Å²) < 4.78 is 5.49. The molecule has 1 aromatic carbocycles. The monoisotopic (exact) mass is 264 g/mol. The molecule has 0 aliphatic heterocycles. The Morgan fingerprint density at radius 1 is 1.32 bits per heavy atom. The first-order valence-corrected chi connectivity index (χ1v) is 7.28. The van der Waals surface area contributed by atoms with E-state index >= 15 is 0 Å². The molecule has 108 valence electrons. The quantitative estimate of drug-likeness (QED) is 0.555. The van der Waals surface area contributed by atoms with Crippen molar-refractivity contribution in [1.29, 1.82) is 0 Å². The molecule has 0 fully saturated rings. The van der Waals surface area contributed by atoms with E-state index in [1.54, 1.807) is 7.11 Å². The van der Waals surface area contributed by atoms with Crippen molar-refractivity contribution >= 4 is 0 Å². The van der Waals surface area contributed by atoms with Gasteiger partial charge < -0.3 is 4.74 Å². The van der Waals surface area contributed by atoms with Crippen LogP contribution in [0.5, 0.6) is 5.75 Å². The largest absolute Gasteiger partial charge is 0.496 e. The molecule has 0 radical (unpaired) electrons. The number of hydrogen-bond acceptors (Lipinski definition) is 3. The molecule has 0 aliphatic rings. The Morgan fingerprint density at radius 3 is 2.58 bits per heavy atom. The predicted octanol–water partition coefficient (Wildman–Crippen LogP) is 3.72. The molecule has 0 saturated carbocycles. The predicted molar refractivity (Wildman–Crippen MR) is 81.1 cm³/mol. The fourth-order valence-corrected chi connectivity index (χ4v) is 2.65. The van der Waals surface area contributed by atoms with Crippen LogP contribution in [-0.2, 0) is 0 Å². The maximum atomic E-state index is 5.82. The molecule has 3 nitrogen and oxygen atoms in total. The Balaban J connectivity index is 3.02. The van der Waals surface area contributed by atoms with Crippen LogP contribution in [0.3, 0.4) is 0 Å². The maximum absolute atomic E-state index is 5.82. The van der Waals surface area contributed by atoms with E-state index in [1.165, 1.54) is 30.4 Å². The number of unbranched alkanes of at least 4 members (excludes halogenated alkanes) is 1. The van der Waals surface area contributed by atoms with Gasteiger partial charge in [-0.2, -0.15) is 0 Å². The number of rotatable bonds is 8. The van der Waals surface area contributed by atoms with Crippen molar-refractivity contribution in [2.24, 2.45) is 11.8 Å². The third-order valence-corrected chi connectivity index (χ3v) is 3.82. The molecule has 0 heterocycles. The number of methoxy groups -OCH3 is 1. The lowest BCUT2D eigenvalue weighted by atomic mass is 9.86. The molecular formula is C16H28N2O. The topological polar surface area (TPSA) is 47.3 Å². The Labute approximate surface area is 117 Å². The molecule has 0 amide bonds. The summed E-state index contributed by atoms with van der Waals surface area (Å²) >= 11 is 0. The molecule has 19 heavy (non-hydrogen) atoms. The van der Waals surface area contributed by atoms with Crippen LogP contribution in [0, 0.1) is 12.8 Å². The highest BCUT2D eigenvalue weighted by Crippen LogP contribution is 2.34. The zero-order valence-electron chi connectivity index (χ0n) is 12.7.